The van der Waals surface area contributed by atoms with Gasteiger partial charge in [-0.15, -0.1) is 0 Å². The number of hydrogen-bond acceptors (Lipinski definition) is 3. The van der Waals surface area contributed by atoms with Gasteiger partial charge in [-0.2, -0.15) is 0 Å². The average molecular weight is 281 g/mol. The Hall–Kier alpha value is -2.36. The van der Waals surface area contributed by atoms with E-state index in [1.807, 2.05) is 6.07 Å². The highest BCUT2D eigenvalue weighted by molar-refractivity contribution is 5.95. The highest BCUT2D eigenvalue weighted by Crippen LogP contribution is 2.29. The van der Waals surface area contributed by atoms with E-state index in [0.29, 0.717) is 11.4 Å². The minimum absolute atomic E-state index is 0.0457. The fourth-order valence-corrected chi connectivity index (χ4v) is 2.85. The smallest absolute Gasteiger partial charge is 0.251 e. The average Bonchev–Trinajstić information content (AvgIpc) is 2.55. The number of carbonyl (C=O) groups excluding carboxylic acids is 1. The van der Waals surface area contributed by atoms with Crippen molar-refractivity contribution in [1.82, 2.24) is 10.3 Å². The van der Waals surface area contributed by atoms with E-state index in [9.17, 15) is 4.79 Å². The van der Waals surface area contributed by atoms with Gasteiger partial charge in [-0.25, -0.2) is 4.98 Å². The Morgan fingerprint density at radius 2 is 2.14 bits per heavy atom. The molecule has 1 heterocycles. The maximum absolute atomic E-state index is 12.4. The van der Waals surface area contributed by atoms with Crippen LogP contribution in [-0.2, 0) is 6.42 Å². The first-order valence-electron chi connectivity index (χ1n) is 7.30. The summed E-state index contributed by atoms with van der Waals surface area (Å²) >= 11 is 0. The standard InChI is InChI=1S/C17H19N3O/c1-18-16-11-13(9-10-19-16)17(21)20-15-8-4-6-12-5-2-3-7-14(12)15/h2-3,5,7,9-11,15H,4,6,8H2,1H3,(H,18,19)(H,20,21). The van der Waals surface area contributed by atoms with E-state index in [0.717, 1.165) is 19.3 Å². The van der Waals surface area contributed by atoms with Crippen molar-refractivity contribution < 1.29 is 4.79 Å². The number of hydrogen-bond donors (Lipinski definition) is 2. The maximum atomic E-state index is 12.4. The number of aryl methyl sites for hydroxylation is 1. The first-order valence-corrected chi connectivity index (χ1v) is 7.30. The van der Waals surface area contributed by atoms with Gasteiger partial charge < -0.3 is 10.6 Å². The highest BCUT2D eigenvalue weighted by atomic mass is 16.1. The molecule has 3 rings (SSSR count). The van der Waals surface area contributed by atoms with Crippen LogP contribution in [0.1, 0.15) is 40.4 Å². The molecule has 0 spiro atoms. The van der Waals surface area contributed by atoms with Crippen LogP contribution in [0, 0.1) is 0 Å². The highest BCUT2D eigenvalue weighted by Gasteiger charge is 2.21. The van der Waals surface area contributed by atoms with Gasteiger partial charge in [-0.05, 0) is 42.5 Å². The summed E-state index contributed by atoms with van der Waals surface area (Å²) in [6, 6.07) is 12.0. The molecule has 1 aliphatic rings. The van der Waals surface area contributed by atoms with Crippen molar-refractivity contribution in [3.8, 4) is 0 Å². The van der Waals surface area contributed by atoms with Crippen molar-refractivity contribution in [2.75, 3.05) is 12.4 Å². The molecule has 0 saturated carbocycles. The maximum Gasteiger partial charge on any atom is 0.251 e. The Bertz CT molecular complexity index is 654. The second-order valence-electron chi connectivity index (χ2n) is 5.30. The Morgan fingerprint density at radius 3 is 3.00 bits per heavy atom. The predicted octanol–water partition coefficient (Wildman–Crippen LogP) is 2.93. The Labute approximate surface area is 124 Å². The number of nitrogens with one attached hydrogen (secondary N) is 2. The van der Waals surface area contributed by atoms with E-state index < -0.39 is 0 Å². The van der Waals surface area contributed by atoms with Gasteiger partial charge in [0.1, 0.15) is 5.82 Å². The van der Waals surface area contributed by atoms with Gasteiger partial charge in [0.2, 0.25) is 0 Å². The van der Waals surface area contributed by atoms with E-state index in [1.54, 1.807) is 25.4 Å². The van der Waals surface area contributed by atoms with Crippen LogP contribution in [0.15, 0.2) is 42.6 Å². The topological polar surface area (TPSA) is 54.0 Å². The summed E-state index contributed by atoms with van der Waals surface area (Å²) in [5.41, 5.74) is 3.23. The first kappa shape index (κ1) is 13.6. The Balaban J connectivity index is 1.79. The van der Waals surface area contributed by atoms with Gasteiger partial charge >= 0.3 is 0 Å². The van der Waals surface area contributed by atoms with Crippen molar-refractivity contribution in [1.29, 1.82) is 0 Å². The lowest BCUT2D eigenvalue weighted by molar-refractivity contribution is 0.0932. The van der Waals surface area contributed by atoms with Gasteiger partial charge in [0.25, 0.3) is 5.91 Å². The van der Waals surface area contributed by atoms with Crippen LogP contribution in [0.25, 0.3) is 0 Å². The van der Waals surface area contributed by atoms with Crippen LogP contribution in [0.4, 0.5) is 5.82 Å². The van der Waals surface area contributed by atoms with Crippen LogP contribution in [0.2, 0.25) is 0 Å². The lowest BCUT2D eigenvalue weighted by Crippen LogP contribution is -2.31. The van der Waals surface area contributed by atoms with E-state index in [-0.39, 0.29) is 11.9 Å². The Morgan fingerprint density at radius 1 is 1.29 bits per heavy atom. The van der Waals surface area contributed by atoms with Crippen molar-refractivity contribution in [3.05, 3.63) is 59.3 Å². The third-order valence-electron chi connectivity index (χ3n) is 3.95. The van der Waals surface area contributed by atoms with Gasteiger partial charge in [0.15, 0.2) is 0 Å². The molecule has 2 N–H and O–H groups in total. The van der Waals surface area contributed by atoms with Crippen LogP contribution in [0.3, 0.4) is 0 Å². The van der Waals surface area contributed by atoms with Gasteiger partial charge in [-0.3, -0.25) is 4.79 Å². The van der Waals surface area contributed by atoms with E-state index >= 15 is 0 Å². The van der Waals surface area contributed by atoms with Crippen molar-refractivity contribution in [3.63, 3.8) is 0 Å². The second kappa shape index (κ2) is 5.95. The van der Waals surface area contributed by atoms with E-state index in [1.165, 1.54) is 11.1 Å². The van der Waals surface area contributed by atoms with E-state index in [4.69, 9.17) is 0 Å². The van der Waals surface area contributed by atoms with Crippen molar-refractivity contribution in [2.45, 2.75) is 25.3 Å². The van der Waals surface area contributed by atoms with Gasteiger partial charge in [-0.1, -0.05) is 24.3 Å². The number of nitrogens with zero attached hydrogens (tertiary/aromatic N) is 1. The molecule has 4 heteroatoms. The number of anilines is 1. The quantitative estimate of drug-likeness (QED) is 0.909. The van der Waals surface area contributed by atoms with Crippen molar-refractivity contribution >= 4 is 11.7 Å². The lowest BCUT2D eigenvalue weighted by Gasteiger charge is -2.26. The number of pyridine rings is 1. The van der Waals surface area contributed by atoms with Gasteiger partial charge in [0.05, 0.1) is 6.04 Å². The summed E-state index contributed by atoms with van der Waals surface area (Å²) in [7, 11) is 1.79. The molecule has 1 unspecified atom stereocenters. The summed E-state index contributed by atoms with van der Waals surface area (Å²) in [5.74, 6) is 0.655. The minimum Gasteiger partial charge on any atom is -0.373 e. The third-order valence-corrected chi connectivity index (χ3v) is 3.95. The molecule has 1 aromatic heterocycles. The zero-order valence-corrected chi connectivity index (χ0v) is 12.1. The van der Waals surface area contributed by atoms with E-state index in [2.05, 4.69) is 33.8 Å². The molecule has 21 heavy (non-hydrogen) atoms. The fraction of sp³-hybridized carbons (Fsp3) is 0.294. The summed E-state index contributed by atoms with van der Waals surface area (Å²) in [6.07, 6.45) is 4.85. The minimum atomic E-state index is -0.0457. The number of fused-ring (bicyclic) bond motifs is 1. The molecular formula is C17H19N3O. The monoisotopic (exact) mass is 281 g/mol. The molecule has 4 nitrogen and oxygen atoms in total. The number of benzene rings is 1. The molecule has 0 aliphatic heterocycles. The SMILES string of the molecule is CNc1cc(C(=O)NC2CCCc3ccccc32)ccn1. The normalized spacial score (nSPS) is 16.9. The number of carbonyl (C=O) groups is 1. The summed E-state index contributed by atoms with van der Waals surface area (Å²) in [5, 5.41) is 6.10. The zero-order chi connectivity index (χ0) is 14.7. The van der Waals surface area contributed by atoms with Gasteiger partial charge in [0, 0.05) is 18.8 Å². The molecule has 108 valence electrons. The Kier molecular flexibility index (Phi) is 3.86. The molecule has 1 aromatic carbocycles. The molecule has 1 aliphatic carbocycles. The van der Waals surface area contributed by atoms with Crippen molar-refractivity contribution in [2.24, 2.45) is 0 Å². The number of aromatic nitrogens is 1. The largest absolute Gasteiger partial charge is 0.373 e. The van der Waals surface area contributed by atoms with Crippen LogP contribution >= 0.6 is 0 Å². The molecular weight excluding hydrogens is 262 g/mol. The number of amides is 1. The first-order chi connectivity index (χ1) is 10.3. The molecule has 0 saturated heterocycles. The van der Waals surface area contributed by atoms with Crippen LogP contribution < -0.4 is 10.6 Å². The van der Waals surface area contributed by atoms with Crippen LogP contribution in [-0.4, -0.2) is 17.9 Å². The second-order valence-corrected chi connectivity index (χ2v) is 5.30. The molecule has 0 fully saturated rings. The molecule has 0 bridgehead atoms. The summed E-state index contributed by atoms with van der Waals surface area (Å²) in [4.78, 5) is 16.6. The number of rotatable bonds is 3. The fourth-order valence-electron chi connectivity index (χ4n) is 2.85. The predicted molar refractivity (Wildman–Crippen MR) is 83.4 cm³/mol. The molecule has 1 atom stereocenters. The molecule has 0 radical (unpaired) electrons. The lowest BCUT2D eigenvalue weighted by atomic mass is 9.87. The summed E-state index contributed by atoms with van der Waals surface area (Å²) in [6.45, 7) is 0. The molecule has 1 amide bonds. The van der Waals surface area contributed by atoms with Crippen LogP contribution in [0.5, 0.6) is 0 Å². The molecule has 2 aromatic rings. The third kappa shape index (κ3) is 2.89. The summed E-state index contributed by atoms with van der Waals surface area (Å²) < 4.78 is 0. The zero-order valence-electron chi connectivity index (χ0n) is 12.1.